The summed E-state index contributed by atoms with van der Waals surface area (Å²) >= 11 is 12.5. The highest BCUT2D eigenvalue weighted by Crippen LogP contribution is 2.28. The number of hydrogen-bond acceptors (Lipinski definition) is 9. The van der Waals surface area contributed by atoms with Gasteiger partial charge < -0.3 is 15.8 Å². The van der Waals surface area contributed by atoms with Crippen LogP contribution in [0.2, 0.25) is 10.0 Å². The zero-order chi connectivity index (χ0) is 49.7. The topological polar surface area (TPSA) is 149 Å². The lowest BCUT2D eigenvalue weighted by molar-refractivity contribution is 0.0523. The summed E-state index contributed by atoms with van der Waals surface area (Å²) in [5, 5.41) is 8.19. The van der Waals surface area contributed by atoms with E-state index in [-0.39, 0.29) is 41.5 Å². The van der Waals surface area contributed by atoms with Crippen molar-refractivity contribution in [2.45, 2.75) is 85.4 Å². The van der Waals surface area contributed by atoms with Gasteiger partial charge in [-0.15, -0.1) is 0 Å². The summed E-state index contributed by atoms with van der Waals surface area (Å²) in [5.41, 5.74) is 10.1. The van der Waals surface area contributed by atoms with Gasteiger partial charge in [0.25, 0.3) is 11.1 Å². The molecule has 0 radical (unpaired) electrons. The van der Waals surface area contributed by atoms with Gasteiger partial charge in [-0.1, -0.05) is 142 Å². The van der Waals surface area contributed by atoms with Gasteiger partial charge in [0.2, 0.25) is 0 Å². The maximum atomic E-state index is 13.7. The van der Waals surface area contributed by atoms with E-state index in [9.17, 15) is 14.4 Å². The normalized spacial score (nSPS) is 12.6. The zero-order valence-electron chi connectivity index (χ0n) is 40.8. The molecule has 2 atom stereocenters. The van der Waals surface area contributed by atoms with Gasteiger partial charge in [0.1, 0.15) is 17.2 Å². The molecule has 12 nitrogen and oxygen atoms in total. The van der Waals surface area contributed by atoms with Crippen LogP contribution >= 0.6 is 23.2 Å². The number of alkyl carbamates (subject to hydrolysis) is 1. The monoisotopic (exact) mass is 972 g/mol. The van der Waals surface area contributed by atoms with Crippen LogP contribution in [0.15, 0.2) is 137 Å². The summed E-state index contributed by atoms with van der Waals surface area (Å²) in [6.07, 6.45) is 0.431. The number of nitrogens with zero attached hydrogens (tertiary/aromatic N) is 5. The molecule has 0 aliphatic rings. The van der Waals surface area contributed by atoms with E-state index in [1.807, 2.05) is 92.1 Å². The Bertz CT molecular complexity index is 2890. The number of aromatic nitrogens is 4. The molecule has 0 aliphatic heterocycles. The molecular formula is C55H66Cl2N8O4. The first-order valence-electron chi connectivity index (χ1n) is 23.6. The number of fused-ring (bicyclic) bond motifs is 2. The summed E-state index contributed by atoms with van der Waals surface area (Å²) < 4.78 is 8.86. The molecule has 364 valence electrons. The van der Waals surface area contributed by atoms with Crippen LogP contribution in [0.3, 0.4) is 0 Å². The minimum absolute atomic E-state index is 0.0223. The lowest BCUT2D eigenvalue weighted by atomic mass is 9.93. The van der Waals surface area contributed by atoms with Crippen molar-refractivity contribution in [3.8, 4) is 0 Å². The molecule has 0 saturated carbocycles. The zero-order valence-corrected chi connectivity index (χ0v) is 42.3. The lowest BCUT2D eigenvalue weighted by Gasteiger charge is -2.30. The van der Waals surface area contributed by atoms with Crippen molar-refractivity contribution in [3.05, 3.63) is 186 Å². The van der Waals surface area contributed by atoms with Gasteiger partial charge in [0, 0.05) is 48.2 Å². The fraction of sp³-hybridized carbons (Fsp3) is 0.364. The summed E-state index contributed by atoms with van der Waals surface area (Å²) in [6, 6.07) is 40.8. The van der Waals surface area contributed by atoms with Crippen molar-refractivity contribution in [1.82, 2.24) is 34.6 Å². The molecular weight excluding hydrogens is 908 g/mol. The van der Waals surface area contributed by atoms with Crippen molar-refractivity contribution in [3.63, 3.8) is 0 Å². The Hall–Kier alpha value is -5.89. The first-order valence-corrected chi connectivity index (χ1v) is 24.4. The molecule has 5 aromatic carbocycles. The van der Waals surface area contributed by atoms with Crippen LogP contribution in [-0.2, 0) is 24.2 Å². The molecule has 0 bridgehead atoms. The Kier molecular flexibility index (Phi) is 18.7. The third-order valence-electron chi connectivity index (χ3n) is 11.9. The highest BCUT2D eigenvalue weighted by atomic mass is 35.5. The van der Waals surface area contributed by atoms with Gasteiger partial charge in [-0.05, 0) is 92.1 Å². The molecule has 69 heavy (non-hydrogen) atoms. The number of hydrogen-bond donors (Lipinski definition) is 3. The molecule has 4 N–H and O–H groups in total. The predicted octanol–water partition coefficient (Wildman–Crippen LogP) is 10.2. The van der Waals surface area contributed by atoms with Crippen molar-refractivity contribution in [1.29, 1.82) is 0 Å². The molecule has 7 rings (SSSR count). The highest BCUT2D eigenvalue weighted by molar-refractivity contribution is 6.31. The third kappa shape index (κ3) is 14.8. The highest BCUT2D eigenvalue weighted by Gasteiger charge is 2.27. The van der Waals surface area contributed by atoms with Gasteiger partial charge in [0.05, 0.1) is 41.6 Å². The minimum atomic E-state index is -0.561. The maximum absolute atomic E-state index is 13.7. The average Bonchev–Trinajstić information content (AvgIpc) is 3.31. The van der Waals surface area contributed by atoms with Gasteiger partial charge >= 0.3 is 6.09 Å². The lowest BCUT2D eigenvalue weighted by Crippen LogP contribution is -2.40. The molecule has 0 fully saturated rings. The molecule has 2 heterocycles. The minimum Gasteiger partial charge on any atom is -0.444 e. The number of halogens is 2. The molecule has 0 spiro atoms. The molecule has 0 saturated heterocycles. The quantitative estimate of drug-likeness (QED) is 0.0564. The van der Waals surface area contributed by atoms with E-state index in [1.54, 1.807) is 41.0 Å². The second-order valence-electron chi connectivity index (χ2n) is 19.0. The number of ether oxygens (including phenoxy) is 1. The number of carbonyl (C=O) groups is 1. The summed E-state index contributed by atoms with van der Waals surface area (Å²) in [4.78, 5) is 51.4. The fourth-order valence-corrected chi connectivity index (χ4v) is 8.52. The third-order valence-corrected chi connectivity index (χ3v) is 12.4. The second-order valence-corrected chi connectivity index (χ2v) is 19.9. The Balaban J connectivity index is 0.000000227. The summed E-state index contributed by atoms with van der Waals surface area (Å²) in [7, 11) is 0. The Morgan fingerprint density at radius 1 is 0.681 bits per heavy atom. The first-order chi connectivity index (χ1) is 33.0. The van der Waals surface area contributed by atoms with Gasteiger partial charge in [0.15, 0.2) is 0 Å². The standard InChI is InChI=1S/C29H33ClN4O.C26H33ClN4O3/c1-21(2)26(19-33(20-31)16-15-22-9-5-3-6-10-22)28-32-27-17-24(30)13-14-25(27)29(35)34(28)18-23-11-7-4-8-12-23;1-17(2)21(14-28-16-29-25(33)34-26(3,4)5)23-30-22-13-19(27)11-12-20(22)24(32)31(23)15-18-9-7-6-8-10-18/h3-14,17,21,26H,15-16,18-20,31H2,1-2H3;6-13,17,21,28H,14-16H2,1-5H3,(H,29,33). The van der Waals surface area contributed by atoms with Crippen LogP contribution in [-0.4, -0.2) is 68.7 Å². The van der Waals surface area contributed by atoms with Gasteiger partial charge in [-0.2, -0.15) is 0 Å². The van der Waals surface area contributed by atoms with Crippen molar-refractivity contribution >= 4 is 51.1 Å². The molecule has 14 heteroatoms. The Labute approximate surface area is 415 Å². The smallest absolute Gasteiger partial charge is 0.408 e. The molecule has 1 amide bonds. The van der Waals surface area contributed by atoms with Crippen LogP contribution in [0.5, 0.6) is 0 Å². The molecule has 2 unspecified atom stereocenters. The average molecular weight is 974 g/mol. The van der Waals surface area contributed by atoms with Crippen LogP contribution in [0.4, 0.5) is 4.79 Å². The van der Waals surface area contributed by atoms with E-state index in [0.29, 0.717) is 70.5 Å². The number of nitrogens with two attached hydrogens (primary N) is 1. The van der Waals surface area contributed by atoms with Gasteiger partial charge in [-0.25, -0.2) is 14.8 Å². The number of carbonyl (C=O) groups excluding carboxylic acids is 1. The number of amides is 1. The van der Waals surface area contributed by atoms with E-state index >= 15 is 0 Å². The van der Waals surface area contributed by atoms with Gasteiger partial charge in [-0.3, -0.25) is 28.9 Å². The van der Waals surface area contributed by atoms with E-state index in [2.05, 4.69) is 67.5 Å². The van der Waals surface area contributed by atoms with Crippen molar-refractivity contribution in [2.24, 2.45) is 17.6 Å². The summed E-state index contributed by atoms with van der Waals surface area (Å²) in [6.45, 7) is 17.6. The molecule has 7 aromatic rings. The van der Waals surface area contributed by atoms with Crippen LogP contribution in [0.25, 0.3) is 21.8 Å². The van der Waals surface area contributed by atoms with Crippen molar-refractivity contribution < 1.29 is 9.53 Å². The Morgan fingerprint density at radius 2 is 1.13 bits per heavy atom. The SMILES string of the molecule is CC(C)C(CN(CN)CCc1ccccc1)c1nc2cc(Cl)ccc2c(=O)n1Cc1ccccc1.CC(C)C(CNCNC(=O)OC(C)(C)C)c1nc2cc(Cl)ccc2c(=O)n1Cc1ccccc1. The first kappa shape index (κ1) is 52.5. The maximum Gasteiger partial charge on any atom is 0.408 e. The van der Waals surface area contributed by atoms with Crippen molar-refractivity contribution in [2.75, 3.05) is 33.0 Å². The van der Waals surface area contributed by atoms with E-state index < -0.39 is 11.7 Å². The van der Waals surface area contributed by atoms with Crippen LogP contribution in [0, 0.1) is 11.8 Å². The fourth-order valence-electron chi connectivity index (χ4n) is 8.19. The predicted molar refractivity (Wildman–Crippen MR) is 281 cm³/mol. The molecule has 2 aromatic heterocycles. The second kappa shape index (κ2) is 24.6. The van der Waals surface area contributed by atoms with Crippen LogP contribution in [0.1, 0.15) is 88.6 Å². The Morgan fingerprint density at radius 3 is 1.57 bits per heavy atom. The number of rotatable bonds is 18. The number of nitrogens with one attached hydrogen (secondary N) is 2. The number of benzene rings is 5. The molecule has 0 aliphatic carbocycles. The summed E-state index contributed by atoms with van der Waals surface area (Å²) in [5.74, 6) is 1.84. The van der Waals surface area contributed by atoms with E-state index in [4.69, 9.17) is 43.6 Å². The van der Waals surface area contributed by atoms with E-state index in [0.717, 1.165) is 29.9 Å². The largest absolute Gasteiger partial charge is 0.444 e. The van der Waals surface area contributed by atoms with E-state index in [1.165, 1.54) is 5.56 Å². The van der Waals surface area contributed by atoms with Crippen LogP contribution < -0.4 is 27.5 Å².